The minimum Gasteiger partial charge on any atom is -0.497 e. The van der Waals surface area contributed by atoms with Gasteiger partial charge in [0.25, 0.3) is 0 Å². The minimum atomic E-state index is 0.707. The molecular weight excluding hydrogens is 458 g/mol. The Balaban J connectivity index is 1.52. The molecule has 2 heterocycles. The summed E-state index contributed by atoms with van der Waals surface area (Å²) in [5.74, 6) is 1.53. The third-order valence-electron chi connectivity index (χ3n) is 6.33. The average Bonchev–Trinajstić information content (AvgIpc) is 3.49. The van der Waals surface area contributed by atoms with E-state index >= 15 is 0 Å². The van der Waals surface area contributed by atoms with E-state index in [1.807, 2.05) is 35.2 Å². The first-order valence-electron chi connectivity index (χ1n) is 11.8. The maximum atomic E-state index is 5.28. The molecule has 0 aliphatic heterocycles. The molecule has 0 unspecified atom stereocenters. The van der Waals surface area contributed by atoms with Crippen LogP contribution >= 0.6 is 22.7 Å². The normalized spacial score (nSPS) is 15.3. The highest BCUT2D eigenvalue weighted by Crippen LogP contribution is 2.33. The van der Waals surface area contributed by atoms with Crippen molar-refractivity contribution >= 4 is 34.6 Å². The second-order valence-electron chi connectivity index (χ2n) is 8.68. The van der Waals surface area contributed by atoms with Crippen LogP contribution in [0.3, 0.4) is 0 Å². The van der Waals surface area contributed by atoms with E-state index in [9.17, 15) is 0 Å². The van der Waals surface area contributed by atoms with Gasteiger partial charge in [0.1, 0.15) is 5.75 Å². The summed E-state index contributed by atoms with van der Waals surface area (Å²) in [4.78, 5) is 8.13. The molecule has 0 amide bonds. The Morgan fingerprint density at radius 1 is 0.941 bits per heavy atom. The van der Waals surface area contributed by atoms with Crippen molar-refractivity contribution in [3.63, 3.8) is 0 Å². The fourth-order valence-corrected chi connectivity index (χ4v) is 6.05. The molecule has 6 heteroatoms. The molecule has 2 aromatic carbocycles. The molecular formula is C28H29N3OS2. The molecule has 174 valence electrons. The van der Waals surface area contributed by atoms with Crippen molar-refractivity contribution in [1.82, 2.24) is 4.68 Å². The van der Waals surface area contributed by atoms with Crippen molar-refractivity contribution < 1.29 is 4.74 Å². The van der Waals surface area contributed by atoms with Crippen LogP contribution in [-0.4, -0.2) is 18.0 Å². The summed E-state index contributed by atoms with van der Waals surface area (Å²) in [6.07, 6.45) is 8.64. The Morgan fingerprint density at radius 2 is 1.71 bits per heavy atom. The molecule has 1 saturated carbocycles. The van der Waals surface area contributed by atoms with Gasteiger partial charge in [-0.2, -0.15) is 5.10 Å². The lowest BCUT2D eigenvalue weighted by molar-refractivity contribution is 0.415. The van der Waals surface area contributed by atoms with Gasteiger partial charge in [-0.05, 0) is 67.6 Å². The van der Waals surface area contributed by atoms with Crippen molar-refractivity contribution in [2.45, 2.75) is 44.9 Å². The smallest absolute Gasteiger partial charge is 0.211 e. The third-order valence-corrected chi connectivity index (χ3v) is 8.08. The molecule has 1 aliphatic carbocycles. The second kappa shape index (κ2) is 10.5. The zero-order valence-corrected chi connectivity index (χ0v) is 21.2. The highest BCUT2D eigenvalue weighted by Gasteiger charge is 2.16. The summed E-state index contributed by atoms with van der Waals surface area (Å²) >= 11 is 3.34. The summed E-state index contributed by atoms with van der Waals surface area (Å²) in [6, 6.07) is 21.1. The number of aryl methyl sites for hydroxylation is 1. The van der Waals surface area contributed by atoms with E-state index in [1.165, 1.54) is 42.5 Å². The summed E-state index contributed by atoms with van der Waals surface area (Å²) in [5, 5.41) is 7.01. The highest BCUT2D eigenvalue weighted by atomic mass is 32.1. The Bertz CT molecular complexity index is 1320. The van der Waals surface area contributed by atoms with Crippen LogP contribution < -0.4 is 9.54 Å². The topological polar surface area (TPSA) is 38.9 Å². The maximum Gasteiger partial charge on any atom is 0.211 e. The van der Waals surface area contributed by atoms with Crippen molar-refractivity contribution in [3.05, 3.63) is 86.2 Å². The molecule has 4 nitrogen and oxygen atoms in total. The van der Waals surface area contributed by atoms with Gasteiger partial charge in [-0.15, -0.1) is 22.7 Å². The summed E-state index contributed by atoms with van der Waals surface area (Å²) in [7, 11) is 1.67. The van der Waals surface area contributed by atoms with Gasteiger partial charge in [0, 0.05) is 20.7 Å². The van der Waals surface area contributed by atoms with Crippen LogP contribution in [0.4, 0.5) is 5.69 Å². The van der Waals surface area contributed by atoms with Crippen LogP contribution in [0.2, 0.25) is 0 Å². The molecule has 34 heavy (non-hydrogen) atoms. The first-order valence-corrected chi connectivity index (χ1v) is 13.5. The summed E-state index contributed by atoms with van der Waals surface area (Å²) in [5.41, 5.74) is 4.55. The molecule has 4 aromatic rings. The lowest BCUT2D eigenvalue weighted by Crippen LogP contribution is -2.11. The molecule has 0 radical (unpaired) electrons. The average molecular weight is 488 g/mol. The summed E-state index contributed by atoms with van der Waals surface area (Å²) in [6.45, 7) is 2.11. The first-order chi connectivity index (χ1) is 16.7. The number of aromatic nitrogens is 1. The molecule has 1 fully saturated rings. The predicted octanol–water partition coefficient (Wildman–Crippen LogP) is 7.76. The van der Waals surface area contributed by atoms with Crippen molar-refractivity contribution in [2.24, 2.45) is 10.1 Å². The van der Waals surface area contributed by atoms with E-state index in [0.29, 0.717) is 5.92 Å². The Labute approximate surface area is 208 Å². The summed E-state index contributed by atoms with van der Waals surface area (Å²) < 4.78 is 7.24. The Morgan fingerprint density at radius 3 is 2.38 bits per heavy atom. The number of rotatable bonds is 6. The monoisotopic (exact) mass is 487 g/mol. The fourth-order valence-electron chi connectivity index (χ4n) is 4.45. The van der Waals surface area contributed by atoms with Crippen LogP contribution in [0, 0.1) is 6.92 Å². The highest BCUT2D eigenvalue weighted by molar-refractivity contribution is 7.13. The van der Waals surface area contributed by atoms with Crippen LogP contribution in [0.15, 0.2) is 76.1 Å². The van der Waals surface area contributed by atoms with Crippen LogP contribution in [-0.2, 0) is 0 Å². The zero-order chi connectivity index (χ0) is 23.3. The lowest BCUT2D eigenvalue weighted by Gasteiger charge is -2.22. The molecule has 0 spiro atoms. The fraction of sp³-hybridized carbons (Fsp3) is 0.286. The van der Waals surface area contributed by atoms with Crippen molar-refractivity contribution in [2.75, 3.05) is 7.11 Å². The van der Waals surface area contributed by atoms with Gasteiger partial charge in [0.05, 0.1) is 24.7 Å². The van der Waals surface area contributed by atoms with E-state index in [-0.39, 0.29) is 0 Å². The van der Waals surface area contributed by atoms with E-state index in [4.69, 9.17) is 14.8 Å². The number of ether oxygens (including phenoxy) is 1. The lowest BCUT2D eigenvalue weighted by atomic mass is 9.84. The quantitative estimate of drug-likeness (QED) is 0.256. The number of nitrogens with zero attached hydrogens (tertiary/aromatic N) is 3. The van der Waals surface area contributed by atoms with E-state index < -0.39 is 0 Å². The Kier molecular flexibility index (Phi) is 7.07. The molecule has 0 saturated heterocycles. The van der Waals surface area contributed by atoms with Crippen LogP contribution in [0.1, 0.15) is 53.3 Å². The number of hydrogen-bond acceptors (Lipinski definition) is 5. The standard InChI is InChI=1S/C28H29N3OS2/c1-20-8-17-26(34-20)18-29-31-27(19-33-28(31)30-24-13-15-25(32-2)16-14-24)23-11-9-22(10-12-23)21-6-4-3-5-7-21/h8-19,21H,3-7H2,1-2H3. The van der Waals surface area contributed by atoms with Gasteiger partial charge in [-0.1, -0.05) is 43.5 Å². The van der Waals surface area contributed by atoms with Gasteiger partial charge < -0.3 is 4.74 Å². The van der Waals surface area contributed by atoms with Gasteiger partial charge in [0.15, 0.2) is 0 Å². The number of thiophene rings is 1. The third kappa shape index (κ3) is 5.24. The van der Waals surface area contributed by atoms with Gasteiger partial charge in [0.2, 0.25) is 4.80 Å². The second-order valence-corrected chi connectivity index (χ2v) is 10.8. The van der Waals surface area contributed by atoms with E-state index in [1.54, 1.807) is 29.8 Å². The van der Waals surface area contributed by atoms with Gasteiger partial charge in [-0.25, -0.2) is 9.67 Å². The first kappa shape index (κ1) is 22.8. The molecule has 0 atom stereocenters. The minimum absolute atomic E-state index is 0.707. The molecule has 2 aromatic heterocycles. The van der Waals surface area contributed by atoms with Crippen molar-refractivity contribution in [1.29, 1.82) is 0 Å². The number of thiazole rings is 1. The number of methoxy groups -OCH3 is 1. The van der Waals surface area contributed by atoms with E-state index in [0.717, 1.165) is 32.4 Å². The SMILES string of the molecule is COc1ccc(N=c2scc(-c3ccc(C4CCCCC4)cc3)n2N=Cc2ccc(C)s2)cc1. The Hall–Kier alpha value is -2.96. The van der Waals surface area contributed by atoms with E-state index in [2.05, 4.69) is 48.7 Å². The van der Waals surface area contributed by atoms with Crippen LogP contribution in [0.25, 0.3) is 11.3 Å². The van der Waals surface area contributed by atoms with Crippen LogP contribution in [0.5, 0.6) is 5.75 Å². The molecule has 5 rings (SSSR count). The molecule has 1 aliphatic rings. The molecule has 0 bridgehead atoms. The van der Waals surface area contributed by atoms with Crippen molar-refractivity contribution in [3.8, 4) is 17.0 Å². The van der Waals surface area contributed by atoms with Gasteiger partial charge in [-0.3, -0.25) is 0 Å². The maximum absolute atomic E-state index is 5.28. The number of benzene rings is 2. The largest absolute Gasteiger partial charge is 0.497 e. The van der Waals surface area contributed by atoms with Gasteiger partial charge >= 0.3 is 0 Å². The zero-order valence-electron chi connectivity index (χ0n) is 19.6. The predicted molar refractivity (Wildman–Crippen MR) is 144 cm³/mol. The number of hydrogen-bond donors (Lipinski definition) is 0. The molecule has 0 N–H and O–H groups in total.